The Bertz CT molecular complexity index is 3200. The van der Waals surface area contributed by atoms with Crippen molar-refractivity contribution in [2.24, 2.45) is 29.4 Å². The van der Waals surface area contributed by atoms with E-state index in [2.05, 4.69) is 68.5 Å². The van der Waals surface area contributed by atoms with Crippen LogP contribution in [-0.2, 0) is 87.9 Å². The van der Waals surface area contributed by atoms with Crippen molar-refractivity contribution >= 4 is 101 Å². The number of likely N-dealkylation sites (tertiary alicyclic amines) is 3. The van der Waals surface area contributed by atoms with Gasteiger partial charge in [0.05, 0.1) is 25.8 Å². The molecule has 15 amide bonds. The van der Waals surface area contributed by atoms with Gasteiger partial charge in [-0.3, -0.25) is 76.7 Å². The number of H-pyrrole nitrogens is 1. The van der Waals surface area contributed by atoms with Crippen LogP contribution < -0.4 is 64.2 Å². The summed E-state index contributed by atoms with van der Waals surface area (Å²) in [4.78, 5) is 237. The summed E-state index contributed by atoms with van der Waals surface area (Å²) >= 11 is 0. The first kappa shape index (κ1) is 81.9. The Morgan fingerprint density at radius 2 is 1.04 bits per heavy atom. The molecule has 0 aromatic carbocycles. The minimum absolute atomic E-state index is 0.0303. The normalized spacial score (nSPS) is 19.7. The highest BCUT2D eigenvalue weighted by Crippen LogP contribution is 2.27. The predicted molar refractivity (Wildman–Crippen MR) is 356 cm³/mol. The van der Waals surface area contributed by atoms with E-state index in [0.717, 1.165) is 0 Å². The lowest BCUT2D eigenvalue weighted by Gasteiger charge is -2.32. The van der Waals surface area contributed by atoms with Crippen molar-refractivity contribution in [2.45, 2.75) is 231 Å². The van der Waals surface area contributed by atoms with Gasteiger partial charge in [0.25, 0.3) is 0 Å². The van der Waals surface area contributed by atoms with Crippen LogP contribution in [0.3, 0.4) is 0 Å². The molecule has 4 fully saturated rings. The number of hydrogen-bond acceptors (Lipinski definition) is 18. The molecule has 0 radical (unpaired) electrons. The molecule has 4 saturated heterocycles. The number of nitrogens with zero attached hydrogens (tertiary/aromatic N) is 4. The molecule has 12 atom stereocenters. The van der Waals surface area contributed by atoms with Gasteiger partial charge in [-0.25, -0.2) is 9.78 Å². The van der Waals surface area contributed by atoms with Crippen LogP contribution in [0.5, 0.6) is 0 Å². The lowest BCUT2D eigenvalue weighted by atomic mass is 9.99. The van der Waals surface area contributed by atoms with Gasteiger partial charge in [-0.05, 0) is 101 Å². The van der Waals surface area contributed by atoms with E-state index < -0.39 is 193 Å². The molecule has 101 heavy (non-hydrogen) atoms. The molecule has 1 aromatic rings. The average Bonchev–Trinajstić information content (AvgIpc) is 1.69. The van der Waals surface area contributed by atoms with E-state index in [-0.39, 0.29) is 101 Å². The van der Waals surface area contributed by atoms with Crippen LogP contribution in [0.2, 0.25) is 0 Å². The van der Waals surface area contributed by atoms with Gasteiger partial charge in [-0.1, -0.05) is 55.4 Å². The van der Waals surface area contributed by atoms with Crippen LogP contribution in [0.25, 0.3) is 0 Å². The highest BCUT2D eigenvalue weighted by molar-refractivity contribution is 6.00. The first-order chi connectivity index (χ1) is 47.5. The minimum atomic E-state index is -1.80. The molecule has 1 aromatic heterocycles. The van der Waals surface area contributed by atoms with Gasteiger partial charge in [-0.2, -0.15) is 0 Å². The molecule has 0 unspecified atom stereocenters. The Morgan fingerprint density at radius 3 is 1.56 bits per heavy atom. The lowest BCUT2D eigenvalue weighted by Crippen LogP contribution is -2.60. The fourth-order valence-corrected chi connectivity index (χ4v) is 12.4. The van der Waals surface area contributed by atoms with E-state index in [4.69, 9.17) is 10.8 Å². The number of carbonyl (C=O) groups excluding carboxylic acids is 15. The number of carboxylic acid groups (broad SMARTS) is 2. The Hall–Kier alpha value is -9.80. The average molecular weight is 1420 g/mol. The Labute approximate surface area is 584 Å². The van der Waals surface area contributed by atoms with Gasteiger partial charge >= 0.3 is 11.9 Å². The number of rotatable bonds is 38. The van der Waals surface area contributed by atoms with E-state index >= 15 is 0 Å². The Morgan fingerprint density at radius 1 is 0.545 bits per heavy atom. The van der Waals surface area contributed by atoms with Gasteiger partial charge in [0.2, 0.25) is 88.6 Å². The molecule has 5 rings (SSSR count). The van der Waals surface area contributed by atoms with Gasteiger partial charge in [0.15, 0.2) is 0 Å². The maximum absolute atomic E-state index is 14.5. The van der Waals surface area contributed by atoms with Crippen molar-refractivity contribution < 1.29 is 91.7 Å². The number of hydrogen-bond donors (Lipinski definition) is 15. The molecule has 5 heterocycles. The fourth-order valence-electron chi connectivity index (χ4n) is 12.4. The highest BCUT2D eigenvalue weighted by Gasteiger charge is 2.45. The second-order valence-electron chi connectivity index (χ2n) is 27.7. The third-order valence-corrected chi connectivity index (χ3v) is 17.6. The summed E-state index contributed by atoms with van der Waals surface area (Å²) < 4.78 is 0. The number of aromatic amines is 1. The van der Waals surface area contributed by atoms with Gasteiger partial charge in [0, 0.05) is 50.8 Å². The van der Waals surface area contributed by atoms with Crippen LogP contribution in [0.4, 0.5) is 0 Å². The topological polar surface area (TPSA) is 527 Å². The number of aliphatic carboxylic acids is 2. The summed E-state index contributed by atoms with van der Waals surface area (Å²) in [5.41, 5.74) is 5.85. The van der Waals surface area contributed by atoms with Crippen molar-refractivity contribution in [3.8, 4) is 0 Å². The summed E-state index contributed by atoms with van der Waals surface area (Å²) in [6, 6.07) is -15.0. The summed E-state index contributed by atoms with van der Waals surface area (Å²) in [6.07, 6.45) is 3.53. The standard InChI is InChI=1S/C65H101N17O19/c1-32(2)23-40(76-60(95)45-13-10-21-81(45)63(98)39-17-19-49(84)72-39)56(91)68-29-50(85)73-41(24-33(3)4)57(92)74-38(16-18-48(66)83)55(90)69-30-51(86)80-20-12-15-47(80)64(99)82-22-11-14-46(82)61(96)77-43(26-37-28-67-31-70-37)58(93)75-42(25-34(5)6)59(94)79-53(35(7)8)62(97)71-36(9)54(89)78-44(65(100)101)27-52(87)88/h28,31-36,38-47,53H,10-27,29-30H2,1-9H3,(H2,66,83)(H,67,70)(H,68,91)(H,69,90)(H,71,97)(H,72,84)(H,73,85)(H,74,92)(H,75,93)(H,76,95)(H,77,96)(H,78,89)(H,79,94)(H,87,88)(H,100,101)/t36-,38-,39-,40-,41-,42-,43-,44-,45-,46-,47-,53-/m0/s1. The molecule has 0 spiro atoms. The SMILES string of the molecule is CC(C)C[C@H](NC(=O)CNC(=O)[C@H](CC(C)C)NC(=O)[C@@H]1CCCN1C(=O)[C@@H]1CCC(=O)N1)C(=O)N[C@@H](CCC(N)=O)C(=O)NCC(=O)N1CCC[C@H]1C(=O)N1CCC[C@H]1C(=O)N[C@@H](Cc1cnc[nH]1)C(=O)N[C@@H](CC(C)C)C(=O)N[C@H](C(=O)N[C@@H](C)C(=O)N[C@@H](CC(=O)O)C(=O)O)C(C)C. The van der Waals surface area contributed by atoms with E-state index in [1.165, 1.54) is 34.1 Å². The molecule has 36 heteroatoms. The minimum Gasteiger partial charge on any atom is -0.481 e. The number of carboxylic acids is 2. The van der Waals surface area contributed by atoms with E-state index in [1.54, 1.807) is 41.5 Å². The maximum atomic E-state index is 14.5. The first-order valence-electron chi connectivity index (χ1n) is 34.4. The molecule has 0 aliphatic carbocycles. The third-order valence-electron chi connectivity index (χ3n) is 17.6. The molecule has 4 aliphatic rings. The number of nitrogens with two attached hydrogens (primary N) is 1. The molecule has 560 valence electrons. The molecule has 0 bridgehead atoms. The third kappa shape index (κ3) is 25.1. The smallest absolute Gasteiger partial charge is 0.326 e. The number of primary amides is 1. The van der Waals surface area contributed by atoms with E-state index in [0.29, 0.717) is 37.8 Å². The van der Waals surface area contributed by atoms with Crippen LogP contribution in [0.1, 0.15) is 158 Å². The summed E-state index contributed by atoms with van der Waals surface area (Å²) in [5, 5.41) is 46.5. The van der Waals surface area contributed by atoms with Gasteiger partial charge in [-0.15, -0.1) is 0 Å². The quantitative estimate of drug-likeness (QED) is 0.0300. The van der Waals surface area contributed by atoms with Crippen molar-refractivity contribution in [3.05, 3.63) is 18.2 Å². The second kappa shape index (κ2) is 38.7. The summed E-state index contributed by atoms with van der Waals surface area (Å²) in [6.45, 7) is 14.3. The maximum Gasteiger partial charge on any atom is 0.326 e. The summed E-state index contributed by atoms with van der Waals surface area (Å²) in [7, 11) is 0. The van der Waals surface area contributed by atoms with Crippen LogP contribution in [0, 0.1) is 23.7 Å². The number of nitrogens with one attached hydrogen (secondary N) is 12. The molecule has 0 saturated carbocycles. The molecule has 16 N–H and O–H groups in total. The van der Waals surface area contributed by atoms with E-state index in [1.807, 2.05) is 13.8 Å². The van der Waals surface area contributed by atoms with Gasteiger partial charge < -0.3 is 94.1 Å². The van der Waals surface area contributed by atoms with Crippen molar-refractivity contribution in [1.82, 2.24) is 83.2 Å². The molecule has 36 nitrogen and oxygen atoms in total. The zero-order valence-electron chi connectivity index (χ0n) is 58.7. The highest BCUT2D eigenvalue weighted by atomic mass is 16.4. The molecular weight excluding hydrogens is 1320 g/mol. The van der Waals surface area contributed by atoms with E-state index in [9.17, 15) is 86.6 Å². The largest absolute Gasteiger partial charge is 0.481 e. The number of carbonyl (C=O) groups is 17. The van der Waals surface area contributed by atoms with Crippen molar-refractivity contribution in [2.75, 3.05) is 32.7 Å². The van der Waals surface area contributed by atoms with Crippen LogP contribution >= 0.6 is 0 Å². The first-order valence-corrected chi connectivity index (χ1v) is 34.4. The zero-order chi connectivity index (χ0) is 75.1. The lowest BCUT2D eigenvalue weighted by molar-refractivity contribution is -0.147. The van der Waals surface area contributed by atoms with Gasteiger partial charge in [0.1, 0.15) is 72.5 Å². The fraction of sp³-hybridized carbons (Fsp3) is 0.692. The number of aromatic nitrogens is 2. The number of imidazole rings is 1. The molecule has 4 aliphatic heterocycles. The zero-order valence-corrected chi connectivity index (χ0v) is 58.7. The Kier molecular flexibility index (Phi) is 31.4. The molecular formula is C65H101N17O19. The van der Waals surface area contributed by atoms with Crippen molar-refractivity contribution in [1.29, 1.82) is 0 Å². The van der Waals surface area contributed by atoms with Crippen molar-refractivity contribution in [3.63, 3.8) is 0 Å². The summed E-state index contributed by atoms with van der Waals surface area (Å²) in [5.74, 6) is -15.2. The van der Waals surface area contributed by atoms with Crippen LogP contribution in [-0.4, -0.2) is 241 Å². The number of amides is 15. The monoisotopic (exact) mass is 1420 g/mol. The predicted octanol–water partition coefficient (Wildman–Crippen LogP) is -4.05. The second-order valence-corrected chi connectivity index (χ2v) is 27.7. The van der Waals surface area contributed by atoms with Crippen LogP contribution in [0.15, 0.2) is 12.5 Å². The Balaban J connectivity index is 1.20.